The maximum Gasteiger partial charge on any atom is 0.446 e. The van der Waals surface area contributed by atoms with Crippen LogP contribution in [0.25, 0.3) is 22.2 Å². The van der Waals surface area contributed by atoms with E-state index in [9.17, 15) is 22.8 Å². The number of aromatic nitrogens is 1. The average Bonchev–Trinajstić information content (AvgIpc) is 3.21. The topological polar surface area (TPSA) is 129 Å². The number of alkyl halides is 3. The zero-order valence-corrected chi connectivity index (χ0v) is 20.5. The molecule has 3 aromatic carbocycles. The van der Waals surface area contributed by atoms with Crippen LogP contribution in [0.2, 0.25) is 0 Å². The fourth-order valence-corrected chi connectivity index (χ4v) is 4.12. The third kappa shape index (κ3) is 6.76. The Morgan fingerprint density at radius 3 is 2.33 bits per heavy atom. The van der Waals surface area contributed by atoms with Crippen LogP contribution in [0.4, 0.5) is 18.9 Å². The normalized spacial score (nSPS) is 13.1. The molecule has 0 radical (unpaired) electrons. The van der Waals surface area contributed by atoms with Gasteiger partial charge < -0.3 is 16.0 Å². The van der Waals surface area contributed by atoms with E-state index in [4.69, 9.17) is 10.5 Å². The molecule has 5 rings (SSSR count). The minimum Gasteiger partial charge on any atom is -0.354 e. The number of hydrazone groups is 1. The molecule has 0 fully saturated rings. The van der Waals surface area contributed by atoms with Gasteiger partial charge in [0.2, 0.25) is 12.2 Å². The molecule has 1 aliphatic rings. The number of carbonyl (C=O) groups excluding carboxylic acids is 3. The Labute approximate surface area is 221 Å². The smallest absolute Gasteiger partial charge is 0.354 e. The molecule has 1 aliphatic heterocycles. The van der Waals surface area contributed by atoms with Gasteiger partial charge >= 0.3 is 6.18 Å². The number of aryl methyl sites for hydroxylation is 1. The number of nitrogens with zero attached hydrogens (tertiary/aromatic N) is 1. The lowest BCUT2D eigenvalue weighted by Crippen LogP contribution is -2.36. The van der Waals surface area contributed by atoms with Gasteiger partial charge in [0.25, 0.3) is 5.91 Å². The van der Waals surface area contributed by atoms with Crippen LogP contribution >= 0.6 is 0 Å². The van der Waals surface area contributed by atoms with Crippen molar-refractivity contribution in [3.63, 3.8) is 0 Å². The molecule has 4 aromatic rings. The second-order valence-electron chi connectivity index (χ2n) is 8.70. The maximum atomic E-state index is 12.8. The molecule has 0 bridgehead atoms. The number of carbonyl (C=O) groups is 3. The van der Waals surface area contributed by atoms with Crippen LogP contribution in [0.5, 0.6) is 0 Å². The highest BCUT2D eigenvalue weighted by atomic mass is 19.4. The fourth-order valence-electron chi connectivity index (χ4n) is 4.12. The SMILES string of the molecule is N[C@@H](CCc1ccccc1)C(=O)Nc1cc2c3c(c(-c4ccccc4)[nH]c3c1)C=NNC2=O.O=CC(F)(F)F. The van der Waals surface area contributed by atoms with Crippen LogP contribution in [0, 0.1) is 0 Å². The number of benzene rings is 3. The highest BCUT2D eigenvalue weighted by molar-refractivity contribution is 6.18. The van der Waals surface area contributed by atoms with Gasteiger partial charge in [0.15, 0.2) is 0 Å². The number of hydrogen-bond donors (Lipinski definition) is 4. The molecule has 0 saturated heterocycles. The molecule has 11 heteroatoms. The lowest BCUT2D eigenvalue weighted by Gasteiger charge is -2.13. The quantitative estimate of drug-likeness (QED) is 0.270. The zero-order valence-electron chi connectivity index (χ0n) is 20.5. The largest absolute Gasteiger partial charge is 0.446 e. The Morgan fingerprint density at radius 1 is 1.05 bits per heavy atom. The second-order valence-corrected chi connectivity index (χ2v) is 8.70. The molecule has 8 nitrogen and oxygen atoms in total. The number of aromatic amines is 1. The lowest BCUT2D eigenvalue weighted by molar-refractivity contribution is -0.156. The summed E-state index contributed by atoms with van der Waals surface area (Å²) in [6, 6.07) is 22.6. The van der Waals surface area contributed by atoms with Crippen molar-refractivity contribution in [1.29, 1.82) is 0 Å². The van der Waals surface area contributed by atoms with E-state index < -0.39 is 18.5 Å². The number of rotatable bonds is 6. The van der Waals surface area contributed by atoms with E-state index in [1.54, 1.807) is 12.3 Å². The Balaban J connectivity index is 0.000000531. The fraction of sp³-hybridized carbons (Fsp3) is 0.143. The van der Waals surface area contributed by atoms with Gasteiger partial charge in [-0.05, 0) is 36.1 Å². The average molecular weight is 536 g/mol. The summed E-state index contributed by atoms with van der Waals surface area (Å²) in [7, 11) is 0. The summed E-state index contributed by atoms with van der Waals surface area (Å²) in [6.45, 7) is 0. The van der Waals surface area contributed by atoms with Gasteiger partial charge in [-0.15, -0.1) is 0 Å². The van der Waals surface area contributed by atoms with E-state index in [1.165, 1.54) is 0 Å². The summed E-state index contributed by atoms with van der Waals surface area (Å²) in [5, 5.41) is 7.71. The van der Waals surface area contributed by atoms with Crippen LogP contribution in [-0.4, -0.2) is 41.5 Å². The molecule has 0 aliphatic carbocycles. The highest BCUT2D eigenvalue weighted by Crippen LogP contribution is 2.34. The van der Waals surface area contributed by atoms with E-state index >= 15 is 0 Å². The minimum atomic E-state index is -4.64. The van der Waals surface area contributed by atoms with Crippen molar-refractivity contribution in [3.8, 4) is 11.3 Å². The number of nitrogens with one attached hydrogen (secondary N) is 3. The Bertz CT molecular complexity index is 1520. The summed E-state index contributed by atoms with van der Waals surface area (Å²) in [6.07, 6.45) is -2.83. The Kier molecular flexibility index (Phi) is 8.21. The van der Waals surface area contributed by atoms with Crippen LogP contribution < -0.4 is 16.5 Å². The third-order valence-corrected chi connectivity index (χ3v) is 5.93. The van der Waals surface area contributed by atoms with Crippen molar-refractivity contribution >= 4 is 40.9 Å². The summed E-state index contributed by atoms with van der Waals surface area (Å²) >= 11 is 0. The number of halogens is 3. The number of hydrogen-bond acceptors (Lipinski definition) is 5. The standard InChI is InChI=1S/C26H23N5O2.C2HF3O/c27-21(12-11-16-7-3-1-4-8-16)26(33)29-18-13-19-23-20(15-28-31-25(19)32)24(30-22(23)14-18)17-9-5-2-6-10-17;3-2(4,5)1-6/h1-10,13-15,21,30H,11-12,27H2,(H,29,33)(H,31,32);1H/t21-;/m0./s1. The molecule has 5 N–H and O–H groups in total. The number of anilines is 1. The number of aldehydes is 1. The van der Waals surface area contributed by atoms with Crippen molar-refractivity contribution in [3.05, 3.63) is 89.5 Å². The predicted octanol–water partition coefficient (Wildman–Crippen LogP) is 4.56. The molecular formula is C28H24F3N5O3. The first-order chi connectivity index (χ1) is 18.7. The number of amides is 2. The van der Waals surface area contributed by atoms with E-state index in [-0.39, 0.29) is 11.8 Å². The van der Waals surface area contributed by atoms with Gasteiger partial charge in [-0.25, -0.2) is 5.43 Å². The third-order valence-electron chi connectivity index (χ3n) is 5.93. The second kappa shape index (κ2) is 11.7. The molecular weight excluding hydrogens is 511 g/mol. The van der Waals surface area contributed by atoms with Gasteiger partial charge in [0, 0.05) is 22.2 Å². The van der Waals surface area contributed by atoms with Gasteiger partial charge in [-0.1, -0.05) is 60.7 Å². The molecule has 2 heterocycles. The van der Waals surface area contributed by atoms with Crippen molar-refractivity contribution in [2.45, 2.75) is 25.1 Å². The molecule has 0 unspecified atom stereocenters. The van der Waals surface area contributed by atoms with Crippen molar-refractivity contribution in [1.82, 2.24) is 10.4 Å². The van der Waals surface area contributed by atoms with Crippen LogP contribution in [0.1, 0.15) is 27.9 Å². The molecule has 1 atom stereocenters. The van der Waals surface area contributed by atoms with Gasteiger partial charge in [-0.2, -0.15) is 18.3 Å². The number of nitrogens with two attached hydrogens (primary N) is 1. The molecule has 2 amide bonds. The lowest BCUT2D eigenvalue weighted by atomic mass is 10.0. The summed E-state index contributed by atoms with van der Waals surface area (Å²) in [5.41, 5.74) is 14.1. The first kappa shape index (κ1) is 27.3. The molecule has 0 spiro atoms. The van der Waals surface area contributed by atoms with Crippen LogP contribution in [0.3, 0.4) is 0 Å². The first-order valence-electron chi connectivity index (χ1n) is 11.9. The molecule has 200 valence electrons. The molecule has 1 aromatic heterocycles. The van der Waals surface area contributed by atoms with Crippen molar-refractivity contribution in [2.75, 3.05) is 5.32 Å². The van der Waals surface area contributed by atoms with Gasteiger partial charge in [-0.3, -0.25) is 14.4 Å². The van der Waals surface area contributed by atoms with Gasteiger partial charge in [0.05, 0.1) is 23.5 Å². The van der Waals surface area contributed by atoms with E-state index in [0.29, 0.717) is 24.1 Å². The van der Waals surface area contributed by atoms with E-state index in [1.807, 2.05) is 66.7 Å². The number of H-pyrrole nitrogens is 1. The monoisotopic (exact) mass is 535 g/mol. The summed E-state index contributed by atoms with van der Waals surface area (Å²) in [5.74, 6) is -0.629. The molecule has 0 saturated carbocycles. The Morgan fingerprint density at radius 2 is 1.69 bits per heavy atom. The summed E-state index contributed by atoms with van der Waals surface area (Å²) in [4.78, 5) is 37.5. The van der Waals surface area contributed by atoms with Crippen LogP contribution in [-0.2, 0) is 16.0 Å². The minimum absolute atomic E-state index is 0.294. The van der Waals surface area contributed by atoms with Crippen molar-refractivity contribution < 1.29 is 27.6 Å². The first-order valence-corrected chi connectivity index (χ1v) is 11.9. The van der Waals surface area contributed by atoms with Crippen LogP contribution in [0.15, 0.2) is 77.9 Å². The van der Waals surface area contributed by atoms with E-state index in [2.05, 4.69) is 20.8 Å². The molecule has 39 heavy (non-hydrogen) atoms. The maximum absolute atomic E-state index is 12.8. The Hall–Kier alpha value is -4.77. The zero-order chi connectivity index (χ0) is 28.0. The van der Waals surface area contributed by atoms with E-state index in [0.717, 1.165) is 33.3 Å². The summed E-state index contributed by atoms with van der Waals surface area (Å²) < 4.78 is 31.2. The highest BCUT2D eigenvalue weighted by Gasteiger charge is 2.25. The van der Waals surface area contributed by atoms with Crippen molar-refractivity contribution in [2.24, 2.45) is 10.8 Å². The van der Waals surface area contributed by atoms with Gasteiger partial charge in [0.1, 0.15) is 0 Å². The predicted molar refractivity (Wildman–Crippen MR) is 142 cm³/mol.